The monoisotopic (exact) mass is 330 g/mol. The minimum Gasteiger partial charge on any atom is -0.378 e. The fourth-order valence-corrected chi connectivity index (χ4v) is 2.83. The van der Waals surface area contributed by atoms with Gasteiger partial charge in [-0.3, -0.25) is 9.78 Å². The maximum absolute atomic E-state index is 12.5. The second-order valence-corrected chi connectivity index (χ2v) is 6.39. The third-order valence-electron chi connectivity index (χ3n) is 4.32. The lowest BCUT2D eigenvalue weighted by molar-refractivity contribution is -0.127. The molecule has 0 bridgehead atoms. The highest BCUT2D eigenvalue weighted by molar-refractivity contribution is 5.79. The Hall–Kier alpha value is -2.28. The van der Waals surface area contributed by atoms with E-state index in [1.807, 2.05) is 32.9 Å². The van der Waals surface area contributed by atoms with Crippen LogP contribution in [0.3, 0.4) is 0 Å². The van der Waals surface area contributed by atoms with E-state index in [1.165, 1.54) is 0 Å². The summed E-state index contributed by atoms with van der Waals surface area (Å²) in [5.41, 5.74) is 0.826. The van der Waals surface area contributed by atoms with Crippen LogP contribution in [0, 0.1) is 11.8 Å². The van der Waals surface area contributed by atoms with Crippen LogP contribution in [-0.4, -0.2) is 33.7 Å². The largest absolute Gasteiger partial charge is 0.378 e. The summed E-state index contributed by atoms with van der Waals surface area (Å²) >= 11 is 0. The summed E-state index contributed by atoms with van der Waals surface area (Å²) in [6.07, 6.45) is 4.03. The number of rotatable bonds is 5. The lowest BCUT2D eigenvalue weighted by Gasteiger charge is -2.21. The fourth-order valence-electron chi connectivity index (χ4n) is 2.83. The van der Waals surface area contributed by atoms with E-state index in [4.69, 9.17) is 9.26 Å². The van der Waals surface area contributed by atoms with Crippen molar-refractivity contribution >= 4 is 5.91 Å². The molecule has 1 fully saturated rings. The van der Waals surface area contributed by atoms with Crippen molar-refractivity contribution in [1.29, 1.82) is 0 Å². The van der Waals surface area contributed by atoms with Crippen molar-refractivity contribution in [3.05, 3.63) is 30.4 Å². The summed E-state index contributed by atoms with van der Waals surface area (Å²) in [4.78, 5) is 21.0. The first kappa shape index (κ1) is 16.6. The van der Waals surface area contributed by atoms with Crippen molar-refractivity contribution in [3.8, 4) is 11.4 Å². The number of amides is 1. The summed E-state index contributed by atoms with van der Waals surface area (Å²) in [7, 11) is 0. The van der Waals surface area contributed by atoms with Crippen LogP contribution in [0.4, 0.5) is 0 Å². The first-order valence-corrected chi connectivity index (χ1v) is 8.22. The number of aromatic nitrogens is 3. The van der Waals surface area contributed by atoms with E-state index in [0.29, 0.717) is 18.3 Å². The molecule has 0 spiro atoms. The van der Waals surface area contributed by atoms with Crippen LogP contribution in [0.2, 0.25) is 0 Å². The third-order valence-corrected chi connectivity index (χ3v) is 4.32. The highest BCUT2D eigenvalue weighted by atomic mass is 16.5. The normalized spacial score (nSPS) is 21.8. The smallest absolute Gasteiger partial charge is 0.249 e. The molecular formula is C17H22N4O3. The zero-order valence-electron chi connectivity index (χ0n) is 14.1. The zero-order chi connectivity index (χ0) is 17.1. The Morgan fingerprint density at radius 2 is 2.08 bits per heavy atom. The van der Waals surface area contributed by atoms with Crippen LogP contribution in [0.5, 0.6) is 0 Å². The number of carbonyl (C=O) groups excluding carboxylic acids is 1. The van der Waals surface area contributed by atoms with E-state index < -0.39 is 0 Å². The molecule has 3 heterocycles. The minimum absolute atomic E-state index is 0.0256. The predicted molar refractivity (Wildman–Crippen MR) is 86.8 cm³/mol. The molecule has 1 N–H and O–H groups in total. The average molecular weight is 330 g/mol. The van der Waals surface area contributed by atoms with Crippen molar-refractivity contribution in [3.63, 3.8) is 0 Å². The summed E-state index contributed by atoms with van der Waals surface area (Å²) in [5, 5.41) is 7.06. The molecule has 1 saturated heterocycles. The van der Waals surface area contributed by atoms with E-state index in [1.54, 1.807) is 12.4 Å². The third kappa shape index (κ3) is 3.46. The first-order valence-electron chi connectivity index (χ1n) is 8.22. The van der Waals surface area contributed by atoms with Crippen LogP contribution in [-0.2, 0) is 9.53 Å². The summed E-state index contributed by atoms with van der Waals surface area (Å²) in [5.74, 6) is 0.870. The van der Waals surface area contributed by atoms with Crippen molar-refractivity contribution < 1.29 is 14.1 Å². The van der Waals surface area contributed by atoms with Gasteiger partial charge >= 0.3 is 0 Å². The number of pyridine rings is 1. The van der Waals surface area contributed by atoms with Crippen molar-refractivity contribution in [2.75, 3.05) is 6.61 Å². The molecular weight excluding hydrogens is 308 g/mol. The Morgan fingerprint density at radius 3 is 2.71 bits per heavy atom. The Kier molecular flexibility index (Phi) is 4.89. The number of nitrogens with one attached hydrogen (secondary N) is 1. The quantitative estimate of drug-likeness (QED) is 0.905. The molecule has 24 heavy (non-hydrogen) atoms. The molecule has 1 aliphatic rings. The van der Waals surface area contributed by atoms with E-state index in [0.717, 1.165) is 12.0 Å². The van der Waals surface area contributed by atoms with Gasteiger partial charge in [0.05, 0.1) is 12.0 Å². The molecule has 0 saturated carbocycles. The van der Waals surface area contributed by atoms with Crippen LogP contribution < -0.4 is 5.32 Å². The second-order valence-electron chi connectivity index (χ2n) is 6.39. The van der Waals surface area contributed by atoms with Crippen LogP contribution in [0.1, 0.15) is 39.1 Å². The summed E-state index contributed by atoms with van der Waals surface area (Å²) < 4.78 is 10.9. The Labute approximate surface area is 140 Å². The standard InChI is InChI=1S/C17H22N4O3/c1-10(2)14(19-16(22)13-6-9-23-11(13)3)17-20-15(21-24-17)12-4-7-18-8-5-12/h4-5,7-8,10-11,13-14H,6,9H2,1-3H3,(H,19,22). The molecule has 3 unspecified atom stereocenters. The molecule has 7 heteroatoms. The van der Waals surface area contributed by atoms with Gasteiger partial charge in [-0.15, -0.1) is 0 Å². The van der Waals surface area contributed by atoms with E-state index >= 15 is 0 Å². The van der Waals surface area contributed by atoms with Gasteiger partial charge in [-0.2, -0.15) is 4.98 Å². The Bertz CT molecular complexity index is 686. The molecule has 2 aromatic rings. The molecule has 128 valence electrons. The van der Waals surface area contributed by atoms with Gasteiger partial charge in [0.1, 0.15) is 6.04 Å². The fraction of sp³-hybridized carbons (Fsp3) is 0.529. The Morgan fingerprint density at radius 1 is 1.33 bits per heavy atom. The van der Waals surface area contributed by atoms with Crippen molar-refractivity contribution in [1.82, 2.24) is 20.4 Å². The van der Waals surface area contributed by atoms with Gasteiger partial charge in [-0.25, -0.2) is 0 Å². The maximum Gasteiger partial charge on any atom is 0.249 e. The molecule has 7 nitrogen and oxygen atoms in total. The maximum atomic E-state index is 12.5. The summed E-state index contributed by atoms with van der Waals surface area (Å²) in [6.45, 7) is 6.57. The lowest BCUT2D eigenvalue weighted by Crippen LogP contribution is -2.38. The first-order chi connectivity index (χ1) is 11.6. The van der Waals surface area contributed by atoms with Gasteiger partial charge < -0.3 is 14.6 Å². The van der Waals surface area contributed by atoms with Crippen molar-refractivity contribution in [2.24, 2.45) is 11.8 Å². The van der Waals surface area contributed by atoms with Gasteiger partial charge in [0.25, 0.3) is 0 Å². The van der Waals surface area contributed by atoms with Gasteiger partial charge in [0.2, 0.25) is 17.6 Å². The molecule has 0 aromatic carbocycles. The average Bonchev–Trinajstić information content (AvgIpc) is 3.22. The number of hydrogen-bond donors (Lipinski definition) is 1. The molecule has 3 rings (SSSR count). The summed E-state index contributed by atoms with van der Waals surface area (Å²) in [6, 6.07) is 3.30. The predicted octanol–water partition coefficient (Wildman–Crippen LogP) is 2.37. The number of carbonyl (C=O) groups is 1. The topological polar surface area (TPSA) is 90.1 Å². The van der Waals surface area contributed by atoms with Gasteiger partial charge in [-0.05, 0) is 31.4 Å². The minimum atomic E-state index is -0.326. The SMILES string of the molecule is CC(C)C(NC(=O)C1CCOC1C)c1nc(-c2ccncc2)no1. The van der Waals surface area contributed by atoms with Crippen LogP contribution in [0.25, 0.3) is 11.4 Å². The molecule has 3 atom stereocenters. The van der Waals surface area contributed by atoms with E-state index in [9.17, 15) is 4.79 Å². The van der Waals surface area contributed by atoms with Gasteiger partial charge in [0, 0.05) is 24.6 Å². The molecule has 0 radical (unpaired) electrons. The zero-order valence-corrected chi connectivity index (χ0v) is 14.1. The van der Waals surface area contributed by atoms with E-state index in [2.05, 4.69) is 20.4 Å². The molecule has 0 aliphatic carbocycles. The second kappa shape index (κ2) is 7.09. The van der Waals surface area contributed by atoms with E-state index in [-0.39, 0.29) is 29.9 Å². The molecule has 1 aliphatic heterocycles. The van der Waals surface area contributed by atoms with Gasteiger partial charge in [0.15, 0.2) is 0 Å². The molecule has 1 amide bonds. The van der Waals surface area contributed by atoms with Crippen LogP contribution in [0.15, 0.2) is 29.0 Å². The number of hydrogen-bond acceptors (Lipinski definition) is 6. The molecule has 2 aromatic heterocycles. The Balaban J connectivity index is 1.76. The van der Waals surface area contributed by atoms with Crippen LogP contribution >= 0.6 is 0 Å². The number of nitrogens with zero attached hydrogens (tertiary/aromatic N) is 3. The lowest BCUT2D eigenvalue weighted by atomic mass is 9.99. The highest BCUT2D eigenvalue weighted by Crippen LogP contribution is 2.26. The van der Waals surface area contributed by atoms with Crippen molar-refractivity contribution in [2.45, 2.75) is 39.3 Å². The highest BCUT2D eigenvalue weighted by Gasteiger charge is 2.34. The number of ether oxygens (including phenoxy) is 1. The van der Waals surface area contributed by atoms with Gasteiger partial charge in [-0.1, -0.05) is 19.0 Å².